The highest BCUT2D eigenvalue weighted by atomic mass is 32.2. The van der Waals surface area contributed by atoms with Crippen LogP contribution in [0.15, 0.2) is 93.3 Å². The van der Waals surface area contributed by atoms with E-state index in [4.69, 9.17) is 21.8 Å². The Morgan fingerprint density at radius 3 is 2.14 bits per heavy atom. The number of carboxylic acid groups (broad SMARTS) is 1. The van der Waals surface area contributed by atoms with E-state index >= 15 is 0 Å². The van der Waals surface area contributed by atoms with Crippen molar-refractivity contribution in [1.29, 1.82) is 0 Å². The number of thioether (sulfide) groups is 2. The molecule has 0 radical (unpaired) electrons. The van der Waals surface area contributed by atoms with Gasteiger partial charge in [0.15, 0.2) is 0 Å². The molecule has 10 rings (SSSR count). The van der Waals surface area contributed by atoms with E-state index in [1.807, 2.05) is 58.8 Å². The van der Waals surface area contributed by atoms with Gasteiger partial charge in [0.05, 0.1) is 16.0 Å². The van der Waals surface area contributed by atoms with Gasteiger partial charge in [-0.05, 0) is 115 Å². The fourth-order valence-corrected chi connectivity index (χ4v) is 17.3. The summed E-state index contributed by atoms with van der Waals surface area (Å²) in [6.07, 6.45) is 7.79. The molecule has 2 aromatic carbocycles. The van der Waals surface area contributed by atoms with Crippen LogP contribution in [0.3, 0.4) is 0 Å². The van der Waals surface area contributed by atoms with Crippen LogP contribution in [0, 0.1) is 9.20 Å². The van der Waals surface area contributed by atoms with Gasteiger partial charge in [-0.3, -0.25) is 33.2 Å². The topological polar surface area (TPSA) is 139 Å². The lowest BCUT2D eigenvalue weighted by atomic mass is 9.96. The van der Waals surface area contributed by atoms with E-state index in [9.17, 15) is 24.3 Å². The molecule has 1 amide bonds. The van der Waals surface area contributed by atoms with E-state index in [2.05, 4.69) is 97.6 Å². The fourth-order valence-electron chi connectivity index (χ4n) is 9.44. The maximum absolute atomic E-state index is 14.4. The molecule has 7 aromatic rings. The quantitative estimate of drug-likeness (QED) is 0.0596. The Bertz CT molecular complexity index is 3550. The standard InChI is InChI=1S/C51H48N4O5S8.CO2/c1-4-7-8-25-53-48(60)44(67-50(53)45-47(59)52(5-2)51(61)68-45)49-54(26-24-43(56)57)46(58)41(66-49)28-29-12-17-35-33(27-29)32-10-9-11-34(32)55(35)42-23-22-40(65-42)39-21-20-38(64-39)37-19-18-36(63-37)30-13-15-31(16-14-30)62-6-3;2-1-3/h12-23,27-28,32,34H,4-11,24-26H2,1-3H3,(H,56,57);/b41-28-,49-44+,50-45+;. The number of benzene rings is 2. The second kappa shape index (κ2) is 22.4. The zero-order valence-electron chi connectivity index (χ0n) is 39.0. The van der Waals surface area contributed by atoms with Crippen molar-refractivity contribution in [2.75, 3.05) is 17.2 Å². The van der Waals surface area contributed by atoms with Crippen LogP contribution in [0.4, 0.5) is 10.7 Å². The number of thiazole rings is 2. The maximum atomic E-state index is 14.4. The fraction of sp³-hybridized carbons (Fsp3) is 0.308. The molecule has 2 atom stereocenters. The van der Waals surface area contributed by atoms with Gasteiger partial charge in [0.2, 0.25) is 0 Å². The van der Waals surface area contributed by atoms with Crippen molar-refractivity contribution < 1.29 is 24.3 Å². The molecule has 2 aliphatic heterocycles. The lowest BCUT2D eigenvalue weighted by Crippen LogP contribution is -2.31. The Labute approximate surface area is 443 Å². The molecular formula is C52H48N4O7S8. The number of amides is 1. The summed E-state index contributed by atoms with van der Waals surface area (Å²) >= 11 is 16.5. The third-order valence-corrected chi connectivity index (χ3v) is 21.3. The van der Waals surface area contributed by atoms with Gasteiger partial charge in [-0.25, -0.2) is 0 Å². The van der Waals surface area contributed by atoms with Gasteiger partial charge in [0, 0.05) is 66.6 Å². The average Bonchev–Trinajstić information content (AvgIpc) is 4.23. The smallest absolute Gasteiger partial charge is 0.373 e. The average molecular weight is 1100 g/mol. The van der Waals surface area contributed by atoms with Crippen LogP contribution in [0.5, 0.6) is 0 Å². The van der Waals surface area contributed by atoms with Gasteiger partial charge >= 0.3 is 12.1 Å². The number of thiocarbonyl (C=S) groups is 1. The third-order valence-electron chi connectivity index (χ3n) is 12.7. The number of unbranched alkanes of at least 4 members (excludes halogenated alkanes) is 2. The van der Waals surface area contributed by atoms with Gasteiger partial charge < -0.3 is 10.0 Å². The molecule has 3 aliphatic rings. The minimum atomic E-state index is -1.04. The number of aliphatic carboxylic acids is 1. The van der Waals surface area contributed by atoms with Crippen molar-refractivity contribution >= 4 is 136 Å². The van der Waals surface area contributed by atoms with Gasteiger partial charge in [0.25, 0.3) is 17.0 Å². The Balaban J connectivity index is 0.00000203. The zero-order chi connectivity index (χ0) is 49.9. The first kappa shape index (κ1) is 51.0. The second-order valence-electron chi connectivity index (χ2n) is 17.0. The number of carbonyl (C=O) groups is 2. The van der Waals surface area contributed by atoms with E-state index < -0.39 is 5.97 Å². The monoisotopic (exact) mass is 1100 g/mol. The van der Waals surface area contributed by atoms with Crippen molar-refractivity contribution in [2.45, 2.75) is 95.7 Å². The van der Waals surface area contributed by atoms with E-state index in [0.29, 0.717) is 52.7 Å². The Kier molecular flexibility index (Phi) is 16.1. The molecule has 0 bridgehead atoms. The van der Waals surface area contributed by atoms with E-state index in [1.165, 1.54) is 95.0 Å². The first-order chi connectivity index (χ1) is 34.5. The molecule has 2 fully saturated rings. The van der Waals surface area contributed by atoms with Crippen molar-refractivity contribution in [2.24, 2.45) is 0 Å². The van der Waals surface area contributed by atoms with E-state index in [-0.39, 0.29) is 36.1 Å². The number of nitrogens with zero attached hydrogens (tertiary/aromatic N) is 4. The third kappa shape index (κ3) is 10.4. The number of rotatable bonds is 15. The van der Waals surface area contributed by atoms with Gasteiger partial charge in [-0.15, -0.1) is 68.4 Å². The molecule has 1 aliphatic carbocycles. The van der Waals surface area contributed by atoms with Crippen molar-refractivity contribution in [3.05, 3.63) is 129 Å². The number of thiophene rings is 3. The zero-order valence-corrected chi connectivity index (χ0v) is 45.5. The molecule has 2 unspecified atom stereocenters. The number of fused-ring (bicyclic) bond motifs is 3. The number of aromatic nitrogens is 2. The summed E-state index contributed by atoms with van der Waals surface area (Å²) < 4.78 is 5.20. The van der Waals surface area contributed by atoms with Gasteiger partial charge in [-0.2, -0.15) is 9.59 Å². The summed E-state index contributed by atoms with van der Waals surface area (Å²) in [5.74, 6) is 0.158. The lowest BCUT2D eigenvalue weighted by Gasteiger charge is -2.25. The van der Waals surface area contributed by atoms with Crippen molar-refractivity contribution in [1.82, 2.24) is 14.0 Å². The Hall–Kier alpha value is -4.95. The number of anilines is 2. The minimum Gasteiger partial charge on any atom is -0.481 e. The van der Waals surface area contributed by atoms with Crippen LogP contribution in [0.25, 0.3) is 40.9 Å². The molecule has 0 spiro atoms. The first-order valence-corrected chi connectivity index (χ1v) is 29.7. The van der Waals surface area contributed by atoms with Crippen LogP contribution < -0.4 is 25.2 Å². The maximum Gasteiger partial charge on any atom is 0.373 e. The van der Waals surface area contributed by atoms with Gasteiger partial charge in [0.1, 0.15) is 23.1 Å². The Morgan fingerprint density at radius 1 is 0.789 bits per heavy atom. The predicted molar refractivity (Wildman–Crippen MR) is 297 cm³/mol. The van der Waals surface area contributed by atoms with E-state index in [0.717, 1.165) is 49.8 Å². The summed E-state index contributed by atoms with van der Waals surface area (Å²) in [6.45, 7) is 6.89. The highest BCUT2D eigenvalue weighted by molar-refractivity contribution is 8.30. The summed E-state index contributed by atoms with van der Waals surface area (Å²) in [6, 6.07) is 29.2. The molecule has 19 heteroatoms. The SMILES string of the molecule is CCCCCn1c(=O)/c(=c2\s/c(=C\c3ccc4c(c3)C3CCCC3N4c3ccc(-c4ccc(-c5ccc(-c6ccc(SCC)cc6)s5)s4)s3)c(=O)n2CCC(=O)O)s/c1=C1/SC(=S)N(CC)C1=O.O=C=O. The van der Waals surface area contributed by atoms with Crippen LogP contribution in [-0.2, 0) is 32.3 Å². The summed E-state index contributed by atoms with van der Waals surface area (Å²) in [5.41, 5.74) is 3.98. The van der Waals surface area contributed by atoms with Crippen LogP contribution in [-0.4, -0.2) is 59.8 Å². The second-order valence-corrected chi connectivity index (χ2v) is 25.2. The molecule has 11 nitrogen and oxygen atoms in total. The number of hydrogen-bond acceptors (Lipinski definition) is 15. The lowest BCUT2D eigenvalue weighted by molar-refractivity contribution is -0.191. The van der Waals surface area contributed by atoms with Crippen LogP contribution >= 0.6 is 92.4 Å². The normalized spacial score (nSPS) is 17.7. The first-order valence-electron chi connectivity index (χ1n) is 23.4. The van der Waals surface area contributed by atoms with Crippen LogP contribution in [0.1, 0.15) is 82.8 Å². The highest BCUT2D eigenvalue weighted by Crippen LogP contribution is 2.54. The number of carboxylic acids is 1. The molecule has 5 aromatic heterocycles. The Morgan fingerprint density at radius 2 is 1.46 bits per heavy atom. The van der Waals surface area contributed by atoms with Gasteiger partial charge in [-0.1, -0.05) is 75.3 Å². The molecular weight excluding hydrogens is 1050 g/mol. The van der Waals surface area contributed by atoms with E-state index in [1.54, 1.807) is 4.57 Å². The van der Waals surface area contributed by atoms with Crippen LogP contribution in [0.2, 0.25) is 0 Å². The summed E-state index contributed by atoms with van der Waals surface area (Å²) in [4.78, 5) is 82.5. The molecule has 71 heavy (non-hydrogen) atoms. The highest BCUT2D eigenvalue weighted by Gasteiger charge is 2.42. The summed E-state index contributed by atoms with van der Waals surface area (Å²) in [5, 5.41) is 10.9. The predicted octanol–water partition coefficient (Wildman–Crippen LogP) is 11.4. The number of hydrogen-bond donors (Lipinski definition) is 1. The molecule has 1 saturated heterocycles. The minimum absolute atomic E-state index is 0.0880. The molecule has 1 N–H and O–H groups in total. The molecule has 366 valence electrons. The van der Waals surface area contributed by atoms with Crippen molar-refractivity contribution in [3.63, 3.8) is 0 Å². The summed E-state index contributed by atoms with van der Waals surface area (Å²) in [7, 11) is 0. The largest absolute Gasteiger partial charge is 0.481 e. The molecule has 7 heterocycles. The molecule has 1 saturated carbocycles. The van der Waals surface area contributed by atoms with Crippen molar-refractivity contribution in [3.8, 4) is 29.9 Å². The number of carbonyl (C=O) groups excluding carboxylic acids is 3.